The molecule has 1 amide bonds. The second kappa shape index (κ2) is 11.0. The Morgan fingerprint density at radius 1 is 1.09 bits per heavy atom. The number of aryl methyl sites for hydroxylation is 2. The van der Waals surface area contributed by atoms with Crippen molar-refractivity contribution in [3.8, 4) is 16.9 Å². The molecule has 2 heterocycles. The number of carbonyl (C=O) groups excluding carboxylic acids is 2. The highest BCUT2D eigenvalue weighted by molar-refractivity contribution is 5.95. The average Bonchev–Trinajstić information content (AvgIpc) is 3.67. The smallest absolute Gasteiger partial charge is 0.305 e. The first-order valence-electron chi connectivity index (χ1n) is 12.1. The summed E-state index contributed by atoms with van der Waals surface area (Å²) < 4.78 is 11.0. The number of nitrogens with zero attached hydrogens (tertiary/aromatic N) is 3. The Bertz CT molecular complexity index is 1010. The molecule has 1 aliphatic carbocycles. The Hall–Kier alpha value is -3.00. The van der Waals surface area contributed by atoms with Crippen LogP contribution in [-0.2, 0) is 14.3 Å². The first-order valence-corrected chi connectivity index (χ1v) is 12.1. The Balaban J connectivity index is 1.42. The molecule has 0 spiro atoms. The van der Waals surface area contributed by atoms with Crippen molar-refractivity contribution in [2.24, 2.45) is 11.8 Å². The third-order valence-electron chi connectivity index (χ3n) is 6.75. The van der Waals surface area contributed by atoms with Crippen LogP contribution in [0.15, 0.2) is 24.5 Å². The molecule has 4 rings (SSSR count). The number of rotatable bonds is 9. The lowest BCUT2D eigenvalue weighted by Gasteiger charge is -2.31. The first-order chi connectivity index (χ1) is 16.4. The van der Waals surface area contributed by atoms with Gasteiger partial charge in [-0.15, -0.1) is 0 Å². The molecule has 0 unspecified atom stereocenters. The lowest BCUT2D eigenvalue weighted by Crippen LogP contribution is -2.37. The normalized spacial score (nSPS) is 16.8. The molecule has 1 aromatic heterocycles. The van der Waals surface area contributed by atoms with Crippen molar-refractivity contribution in [1.29, 1.82) is 0 Å². The molecule has 0 radical (unpaired) electrons. The maximum Gasteiger partial charge on any atom is 0.305 e. The Labute approximate surface area is 201 Å². The molecule has 2 aliphatic rings. The minimum Gasteiger partial charge on any atom is -0.492 e. The largest absolute Gasteiger partial charge is 0.492 e. The van der Waals surface area contributed by atoms with Crippen molar-refractivity contribution in [3.05, 3.63) is 35.9 Å². The van der Waals surface area contributed by atoms with Gasteiger partial charge in [0, 0.05) is 47.1 Å². The van der Waals surface area contributed by atoms with E-state index in [-0.39, 0.29) is 17.8 Å². The minimum absolute atomic E-state index is 0.0768. The van der Waals surface area contributed by atoms with Crippen molar-refractivity contribution >= 4 is 17.6 Å². The number of hydrogen-bond donors (Lipinski definition) is 1. The number of benzene rings is 1. The SMILES string of the molecule is COC(=O)CC1CCN(CCOc2ccc(NC(=O)C3CC3)cc2-c2c(C)ncnc2C)CC1. The summed E-state index contributed by atoms with van der Waals surface area (Å²) in [6.45, 7) is 7.19. The number of esters is 1. The van der Waals surface area contributed by atoms with Gasteiger partial charge in [-0.05, 0) is 76.7 Å². The third-order valence-corrected chi connectivity index (χ3v) is 6.75. The zero-order valence-electron chi connectivity index (χ0n) is 20.3. The predicted octanol–water partition coefficient (Wildman–Crippen LogP) is 3.76. The molecule has 8 heteroatoms. The van der Waals surface area contributed by atoms with Crippen LogP contribution in [0.5, 0.6) is 5.75 Å². The van der Waals surface area contributed by atoms with Crippen molar-refractivity contribution in [1.82, 2.24) is 14.9 Å². The molecule has 2 aromatic rings. The van der Waals surface area contributed by atoms with Crippen LogP contribution in [-0.4, -0.2) is 60.1 Å². The number of amides is 1. The van der Waals surface area contributed by atoms with Gasteiger partial charge in [-0.3, -0.25) is 14.5 Å². The second-order valence-corrected chi connectivity index (χ2v) is 9.31. The van der Waals surface area contributed by atoms with Crippen LogP contribution in [0.2, 0.25) is 0 Å². The molecule has 1 aromatic carbocycles. The molecule has 2 fully saturated rings. The predicted molar refractivity (Wildman–Crippen MR) is 130 cm³/mol. The van der Waals surface area contributed by atoms with Crippen LogP contribution in [0.3, 0.4) is 0 Å². The van der Waals surface area contributed by atoms with E-state index in [2.05, 4.69) is 20.2 Å². The summed E-state index contributed by atoms with van der Waals surface area (Å²) in [6.07, 6.45) is 5.99. The number of methoxy groups -OCH3 is 1. The van der Waals surface area contributed by atoms with Crippen LogP contribution in [0.1, 0.15) is 43.5 Å². The van der Waals surface area contributed by atoms with E-state index < -0.39 is 0 Å². The van der Waals surface area contributed by atoms with E-state index in [0.29, 0.717) is 18.9 Å². The topological polar surface area (TPSA) is 93.7 Å². The van der Waals surface area contributed by atoms with Crippen LogP contribution in [0.4, 0.5) is 5.69 Å². The zero-order chi connectivity index (χ0) is 24.1. The molecule has 0 bridgehead atoms. The van der Waals surface area contributed by atoms with Crippen molar-refractivity contribution < 1.29 is 19.1 Å². The summed E-state index contributed by atoms with van der Waals surface area (Å²) in [7, 11) is 1.45. The van der Waals surface area contributed by atoms with E-state index in [0.717, 1.165) is 79.3 Å². The molecule has 1 saturated heterocycles. The fourth-order valence-corrected chi connectivity index (χ4v) is 4.52. The highest BCUT2D eigenvalue weighted by Crippen LogP contribution is 2.37. The summed E-state index contributed by atoms with van der Waals surface area (Å²) >= 11 is 0. The third kappa shape index (κ3) is 6.11. The molecule has 1 saturated carbocycles. The van der Waals surface area contributed by atoms with E-state index in [4.69, 9.17) is 9.47 Å². The van der Waals surface area contributed by atoms with Crippen LogP contribution < -0.4 is 10.1 Å². The Kier molecular flexibility index (Phi) is 7.77. The number of carbonyl (C=O) groups is 2. The zero-order valence-corrected chi connectivity index (χ0v) is 20.3. The lowest BCUT2D eigenvalue weighted by atomic mass is 9.94. The Morgan fingerprint density at radius 2 is 1.79 bits per heavy atom. The van der Waals surface area contributed by atoms with Gasteiger partial charge in [0.15, 0.2) is 0 Å². The number of aromatic nitrogens is 2. The minimum atomic E-state index is -0.124. The maximum atomic E-state index is 12.3. The number of likely N-dealkylation sites (tertiary alicyclic amines) is 1. The van der Waals surface area contributed by atoms with Crippen molar-refractivity contribution in [2.45, 2.75) is 46.0 Å². The van der Waals surface area contributed by atoms with Crippen LogP contribution >= 0.6 is 0 Å². The number of ether oxygens (including phenoxy) is 2. The van der Waals surface area contributed by atoms with E-state index in [9.17, 15) is 9.59 Å². The lowest BCUT2D eigenvalue weighted by molar-refractivity contribution is -0.142. The summed E-state index contributed by atoms with van der Waals surface area (Å²) in [6, 6.07) is 5.78. The van der Waals surface area contributed by atoms with Crippen LogP contribution in [0.25, 0.3) is 11.1 Å². The van der Waals surface area contributed by atoms with Gasteiger partial charge in [0.2, 0.25) is 5.91 Å². The summed E-state index contributed by atoms with van der Waals surface area (Å²) in [5, 5.41) is 3.03. The van der Waals surface area contributed by atoms with E-state index in [1.807, 2.05) is 32.0 Å². The number of nitrogens with one attached hydrogen (secondary N) is 1. The molecule has 34 heavy (non-hydrogen) atoms. The molecule has 1 N–H and O–H groups in total. The number of anilines is 1. The van der Waals surface area contributed by atoms with E-state index in [1.54, 1.807) is 6.33 Å². The Morgan fingerprint density at radius 3 is 2.44 bits per heavy atom. The highest BCUT2D eigenvalue weighted by atomic mass is 16.5. The monoisotopic (exact) mass is 466 g/mol. The molecule has 8 nitrogen and oxygen atoms in total. The van der Waals surface area contributed by atoms with Gasteiger partial charge in [-0.25, -0.2) is 9.97 Å². The van der Waals surface area contributed by atoms with Crippen LogP contribution in [0, 0.1) is 25.7 Å². The van der Waals surface area contributed by atoms with Gasteiger partial charge in [0.1, 0.15) is 18.7 Å². The summed E-state index contributed by atoms with van der Waals surface area (Å²) in [5.74, 6) is 1.25. The molecule has 1 aliphatic heterocycles. The van der Waals surface area contributed by atoms with Gasteiger partial charge in [-0.2, -0.15) is 0 Å². The van der Waals surface area contributed by atoms with Crippen molar-refractivity contribution in [3.63, 3.8) is 0 Å². The van der Waals surface area contributed by atoms with Gasteiger partial charge >= 0.3 is 5.97 Å². The number of hydrogen-bond acceptors (Lipinski definition) is 7. The molecular weight excluding hydrogens is 432 g/mol. The van der Waals surface area contributed by atoms with E-state index >= 15 is 0 Å². The van der Waals surface area contributed by atoms with Gasteiger partial charge in [-0.1, -0.05) is 0 Å². The standard InChI is InChI=1S/C26H34N4O4/c1-17-25(18(2)28-16-27-17)22-15-21(29-26(32)20-4-5-20)6-7-23(22)34-13-12-30-10-8-19(9-11-30)14-24(31)33-3/h6-7,15-16,19-20H,4-5,8-14H2,1-3H3,(H,29,32). The second-order valence-electron chi connectivity index (χ2n) is 9.31. The molecular formula is C26H34N4O4. The fraction of sp³-hybridized carbons (Fsp3) is 0.538. The molecule has 0 atom stereocenters. The summed E-state index contributed by atoms with van der Waals surface area (Å²) in [4.78, 5) is 34.9. The van der Waals surface area contributed by atoms with Gasteiger partial charge < -0.3 is 14.8 Å². The van der Waals surface area contributed by atoms with Gasteiger partial charge in [0.05, 0.1) is 7.11 Å². The maximum absolute atomic E-state index is 12.3. The van der Waals surface area contributed by atoms with Gasteiger partial charge in [0.25, 0.3) is 0 Å². The average molecular weight is 467 g/mol. The van der Waals surface area contributed by atoms with Crippen molar-refractivity contribution in [2.75, 3.05) is 38.7 Å². The fourth-order valence-electron chi connectivity index (χ4n) is 4.52. The molecule has 182 valence electrons. The number of piperidine rings is 1. The first kappa shape index (κ1) is 24.1. The summed E-state index contributed by atoms with van der Waals surface area (Å²) in [5.41, 5.74) is 4.32. The quantitative estimate of drug-likeness (QED) is 0.562. The highest BCUT2D eigenvalue weighted by Gasteiger charge is 2.30. The van der Waals surface area contributed by atoms with E-state index in [1.165, 1.54) is 7.11 Å².